The van der Waals surface area contributed by atoms with E-state index in [2.05, 4.69) is 5.32 Å². The van der Waals surface area contributed by atoms with E-state index in [0.29, 0.717) is 6.42 Å². The average Bonchev–Trinajstić information content (AvgIpc) is 2.51. The van der Waals surface area contributed by atoms with Crippen molar-refractivity contribution in [3.63, 3.8) is 0 Å². The summed E-state index contributed by atoms with van der Waals surface area (Å²) in [5, 5.41) is 6.95. The van der Waals surface area contributed by atoms with Crippen molar-refractivity contribution in [2.24, 2.45) is 5.73 Å². The molecule has 0 aliphatic heterocycles. The lowest BCUT2D eigenvalue weighted by atomic mass is 10.2. The number of hydrogen-bond donors (Lipinski definition) is 2. The van der Waals surface area contributed by atoms with Crippen LogP contribution in [-0.4, -0.2) is 11.9 Å². The fourth-order valence-electron chi connectivity index (χ4n) is 0.922. The van der Waals surface area contributed by atoms with Gasteiger partial charge in [0.15, 0.2) is 0 Å². The van der Waals surface area contributed by atoms with Gasteiger partial charge in [-0.25, -0.2) is 0 Å². The second-order valence-corrected chi connectivity index (χ2v) is 3.30. The number of primary amides is 1. The number of carbonyl (C=O) groups is 1. The van der Waals surface area contributed by atoms with Crippen molar-refractivity contribution in [2.75, 3.05) is 5.32 Å². The zero-order valence-corrected chi connectivity index (χ0v) is 7.73. The molecule has 1 heterocycles. The van der Waals surface area contributed by atoms with Crippen molar-refractivity contribution in [3.8, 4) is 0 Å². The maximum absolute atomic E-state index is 10.8. The van der Waals surface area contributed by atoms with Crippen molar-refractivity contribution in [3.05, 3.63) is 16.8 Å². The van der Waals surface area contributed by atoms with Crippen LogP contribution in [0.3, 0.4) is 0 Å². The van der Waals surface area contributed by atoms with Gasteiger partial charge in [0, 0.05) is 11.1 Å². The van der Waals surface area contributed by atoms with Gasteiger partial charge in [0.1, 0.15) is 6.04 Å². The molecule has 0 aliphatic rings. The Morgan fingerprint density at radius 2 is 2.58 bits per heavy atom. The van der Waals surface area contributed by atoms with Crippen LogP contribution >= 0.6 is 11.3 Å². The van der Waals surface area contributed by atoms with Crippen LogP contribution in [0.4, 0.5) is 5.69 Å². The first-order chi connectivity index (χ1) is 5.74. The van der Waals surface area contributed by atoms with Crippen LogP contribution in [0.15, 0.2) is 16.8 Å². The number of anilines is 1. The number of carbonyl (C=O) groups excluding carboxylic acids is 1. The molecule has 3 N–H and O–H groups in total. The first-order valence-electron chi connectivity index (χ1n) is 3.82. The zero-order valence-electron chi connectivity index (χ0n) is 6.91. The lowest BCUT2D eigenvalue weighted by Gasteiger charge is -2.12. The summed E-state index contributed by atoms with van der Waals surface area (Å²) in [6, 6.07) is 1.68. The highest BCUT2D eigenvalue weighted by Gasteiger charge is 2.11. The van der Waals surface area contributed by atoms with Gasteiger partial charge in [-0.1, -0.05) is 6.92 Å². The van der Waals surface area contributed by atoms with Crippen molar-refractivity contribution in [1.82, 2.24) is 0 Å². The Kier molecular flexibility index (Phi) is 3.10. The Hall–Kier alpha value is -1.03. The molecule has 1 atom stereocenters. The minimum atomic E-state index is -0.302. The van der Waals surface area contributed by atoms with E-state index in [0.717, 1.165) is 5.69 Å². The summed E-state index contributed by atoms with van der Waals surface area (Å²) in [5.41, 5.74) is 6.13. The minimum Gasteiger partial charge on any atom is -0.373 e. The van der Waals surface area contributed by atoms with Gasteiger partial charge < -0.3 is 11.1 Å². The normalized spacial score (nSPS) is 12.4. The summed E-state index contributed by atoms with van der Waals surface area (Å²) >= 11 is 1.59. The molecule has 3 nitrogen and oxygen atoms in total. The second-order valence-electron chi connectivity index (χ2n) is 2.52. The van der Waals surface area contributed by atoms with Gasteiger partial charge in [-0.15, -0.1) is 0 Å². The Balaban J connectivity index is 2.54. The first kappa shape index (κ1) is 9.06. The fraction of sp³-hybridized carbons (Fsp3) is 0.375. The van der Waals surface area contributed by atoms with Crippen molar-refractivity contribution in [1.29, 1.82) is 0 Å². The Morgan fingerprint density at radius 1 is 1.83 bits per heavy atom. The number of hydrogen-bond acceptors (Lipinski definition) is 3. The first-order valence-corrected chi connectivity index (χ1v) is 4.76. The lowest BCUT2D eigenvalue weighted by Crippen LogP contribution is -2.34. The van der Waals surface area contributed by atoms with Crippen LogP contribution in [0.2, 0.25) is 0 Å². The molecule has 0 saturated carbocycles. The number of thiophene rings is 1. The molecule has 1 amide bonds. The largest absolute Gasteiger partial charge is 0.373 e. The molecule has 0 spiro atoms. The van der Waals surface area contributed by atoms with Gasteiger partial charge in [-0.2, -0.15) is 11.3 Å². The third kappa shape index (κ3) is 2.23. The van der Waals surface area contributed by atoms with Crippen LogP contribution in [0.5, 0.6) is 0 Å². The van der Waals surface area contributed by atoms with Crippen LogP contribution in [-0.2, 0) is 4.79 Å². The number of nitrogens with one attached hydrogen (secondary N) is 1. The third-order valence-electron chi connectivity index (χ3n) is 1.61. The van der Waals surface area contributed by atoms with Gasteiger partial charge in [0.25, 0.3) is 0 Å². The van der Waals surface area contributed by atoms with Gasteiger partial charge in [0.05, 0.1) is 0 Å². The average molecular weight is 184 g/mol. The fourth-order valence-corrected chi connectivity index (χ4v) is 1.52. The smallest absolute Gasteiger partial charge is 0.239 e. The SMILES string of the molecule is CCC(Nc1ccsc1)C(N)=O. The summed E-state index contributed by atoms with van der Waals surface area (Å²) in [7, 11) is 0. The highest BCUT2D eigenvalue weighted by atomic mass is 32.1. The van der Waals surface area contributed by atoms with Crippen molar-refractivity contribution < 1.29 is 4.79 Å². The van der Waals surface area contributed by atoms with Gasteiger partial charge in [0.2, 0.25) is 5.91 Å². The highest BCUT2D eigenvalue weighted by Crippen LogP contribution is 2.13. The van der Waals surface area contributed by atoms with E-state index in [1.54, 1.807) is 11.3 Å². The molecular formula is C8H12N2OS. The number of nitrogens with two attached hydrogens (primary N) is 1. The molecule has 0 fully saturated rings. The van der Waals surface area contributed by atoms with Crippen LogP contribution in [0.25, 0.3) is 0 Å². The van der Waals surface area contributed by atoms with Crippen LogP contribution < -0.4 is 11.1 Å². The second kappa shape index (κ2) is 4.11. The summed E-state index contributed by atoms with van der Waals surface area (Å²) in [6.07, 6.45) is 0.713. The lowest BCUT2D eigenvalue weighted by molar-refractivity contribution is -0.118. The summed E-state index contributed by atoms with van der Waals surface area (Å²) in [5.74, 6) is -0.302. The third-order valence-corrected chi connectivity index (χ3v) is 2.30. The molecular weight excluding hydrogens is 172 g/mol. The van der Waals surface area contributed by atoms with Gasteiger partial charge in [-0.05, 0) is 17.9 Å². The molecule has 12 heavy (non-hydrogen) atoms. The molecule has 1 aromatic heterocycles. The quantitative estimate of drug-likeness (QED) is 0.743. The molecule has 1 unspecified atom stereocenters. The van der Waals surface area contributed by atoms with E-state index in [9.17, 15) is 4.79 Å². The molecule has 66 valence electrons. The molecule has 4 heteroatoms. The standard InChI is InChI=1S/C8H12N2OS/c1-2-7(8(9)11)10-6-3-4-12-5-6/h3-5,7,10H,2H2,1H3,(H2,9,11). The topological polar surface area (TPSA) is 55.1 Å². The number of amides is 1. The van der Waals surface area contributed by atoms with Gasteiger partial charge >= 0.3 is 0 Å². The highest BCUT2D eigenvalue weighted by molar-refractivity contribution is 7.08. The molecule has 0 bridgehead atoms. The Labute approximate surface area is 75.6 Å². The van der Waals surface area contributed by atoms with Gasteiger partial charge in [-0.3, -0.25) is 4.79 Å². The maximum atomic E-state index is 10.8. The van der Waals surface area contributed by atoms with Crippen molar-refractivity contribution >= 4 is 22.9 Å². The van der Waals surface area contributed by atoms with Crippen LogP contribution in [0.1, 0.15) is 13.3 Å². The Bertz CT molecular complexity index is 246. The van der Waals surface area contributed by atoms with E-state index in [-0.39, 0.29) is 11.9 Å². The number of rotatable bonds is 4. The van der Waals surface area contributed by atoms with Crippen molar-refractivity contribution in [2.45, 2.75) is 19.4 Å². The van der Waals surface area contributed by atoms with E-state index in [1.807, 2.05) is 23.8 Å². The zero-order chi connectivity index (χ0) is 8.97. The Morgan fingerprint density at radius 3 is 3.00 bits per heavy atom. The molecule has 0 aromatic carbocycles. The molecule has 0 aliphatic carbocycles. The van der Waals surface area contributed by atoms with E-state index in [1.165, 1.54) is 0 Å². The monoisotopic (exact) mass is 184 g/mol. The molecule has 1 rings (SSSR count). The molecule has 0 radical (unpaired) electrons. The maximum Gasteiger partial charge on any atom is 0.239 e. The summed E-state index contributed by atoms with van der Waals surface area (Å²) in [4.78, 5) is 10.8. The van der Waals surface area contributed by atoms with E-state index in [4.69, 9.17) is 5.73 Å². The molecule has 0 saturated heterocycles. The minimum absolute atomic E-state index is 0.250. The van der Waals surface area contributed by atoms with Crippen LogP contribution in [0, 0.1) is 0 Å². The van der Waals surface area contributed by atoms with E-state index < -0.39 is 0 Å². The predicted molar refractivity (Wildman–Crippen MR) is 51.2 cm³/mol. The summed E-state index contributed by atoms with van der Waals surface area (Å²) in [6.45, 7) is 1.93. The summed E-state index contributed by atoms with van der Waals surface area (Å²) < 4.78 is 0. The predicted octanol–water partition coefficient (Wildman–Crippen LogP) is 1.42. The van der Waals surface area contributed by atoms with E-state index >= 15 is 0 Å². The molecule has 1 aromatic rings.